The molecule has 5 heteroatoms. The second-order valence-corrected chi connectivity index (χ2v) is 3.95. The van der Waals surface area contributed by atoms with Gasteiger partial charge in [0.25, 0.3) is 0 Å². The molecule has 0 amide bonds. The van der Waals surface area contributed by atoms with Crippen molar-refractivity contribution in [2.45, 2.75) is 6.92 Å². The van der Waals surface area contributed by atoms with Crippen LogP contribution in [0.5, 0.6) is 5.75 Å². The smallest absolute Gasteiger partial charge is 0.214 e. The maximum atomic E-state index is 14.0. The summed E-state index contributed by atoms with van der Waals surface area (Å²) in [7, 11) is 3.01. The van der Waals surface area contributed by atoms with E-state index < -0.39 is 11.6 Å². The number of ketones is 1. The Balaban J connectivity index is 2.50. The summed E-state index contributed by atoms with van der Waals surface area (Å²) in [6.45, 7) is 1.78. The molecule has 0 radical (unpaired) electrons. The molecule has 0 unspecified atom stereocenters. The molecule has 0 N–H and O–H groups in total. The lowest BCUT2D eigenvalue weighted by molar-refractivity contribution is 0.102. The number of aromatic nitrogens is 2. The Morgan fingerprint density at radius 1 is 1.44 bits per heavy atom. The first-order valence-corrected chi connectivity index (χ1v) is 5.42. The van der Waals surface area contributed by atoms with E-state index in [1.807, 2.05) is 0 Å². The van der Waals surface area contributed by atoms with Crippen molar-refractivity contribution in [1.82, 2.24) is 9.78 Å². The number of halogens is 1. The quantitative estimate of drug-likeness (QED) is 0.781. The molecule has 0 fully saturated rings. The number of aryl methyl sites for hydroxylation is 2. The van der Waals surface area contributed by atoms with Gasteiger partial charge in [-0.05, 0) is 25.1 Å². The molecule has 0 aliphatic carbocycles. The molecular weight excluding hydrogens is 235 g/mol. The van der Waals surface area contributed by atoms with Crippen molar-refractivity contribution >= 4 is 5.78 Å². The second kappa shape index (κ2) is 4.60. The van der Waals surface area contributed by atoms with Crippen LogP contribution in [-0.2, 0) is 7.05 Å². The highest BCUT2D eigenvalue weighted by molar-refractivity contribution is 6.08. The molecule has 1 aromatic carbocycles. The summed E-state index contributed by atoms with van der Waals surface area (Å²) in [4.78, 5) is 12.2. The van der Waals surface area contributed by atoms with Crippen LogP contribution in [0.3, 0.4) is 0 Å². The standard InChI is InChI=1S/C13H13FN2O2/c1-8-7-10(16(2)15-8)13(17)9-5-4-6-11(18-3)12(9)14/h4-7H,1-3H3. The van der Waals surface area contributed by atoms with Crippen molar-refractivity contribution in [3.05, 3.63) is 47.0 Å². The van der Waals surface area contributed by atoms with E-state index in [-0.39, 0.29) is 11.3 Å². The predicted octanol–water partition coefficient (Wildman–Crippen LogP) is 2.11. The minimum absolute atomic E-state index is 0.0163. The lowest BCUT2D eigenvalue weighted by Crippen LogP contribution is -2.10. The summed E-state index contributed by atoms with van der Waals surface area (Å²) < 4.78 is 20.3. The number of hydrogen-bond donors (Lipinski definition) is 0. The first-order chi connectivity index (χ1) is 8.54. The van der Waals surface area contributed by atoms with Crippen molar-refractivity contribution in [3.8, 4) is 5.75 Å². The zero-order valence-corrected chi connectivity index (χ0v) is 10.4. The van der Waals surface area contributed by atoms with Gasteiger partial charge in [-0.3, -0.25) is 9.48 Å². The van der Waals surface area contributed by atoms with E-state index in [0.717, 1.165) is 0 Å². The molecule has 1 heterocycles. The zero-order valence-electron chi connectivity index (χ0n) is 10.4. The Bertz CT molecular complexity index is 605. The van der Waals surface area contributed by atoms with Crippen LogP contribution < -0.4 is 4.74 Å². The van der Waals surface area contributed by atoms with Crippen LogP contribution >= 0.6 is 0 Å². The topological polar surface area (TPSA) is 44.1 Å². The van der Waals surface area contributed by atoms with Gasteiger partial charge in [-0.1, -0.05) is 6.07 Å². The molecule has 0 aliphatic heterocycles. The number of carbonyl (C=O) groups excluding carboxylic acids is 1. The van der Waals surface area contributed by atoms with Crippen LogP contribution in [0.1, 0.15) is 21.7 Å². The van der Waals surface area contributed by atoms with Crippen LogP contribution in [-0.4, -0.2) is 22.7 Å². The number of rotatable bonds is 3. The zero-order chi connectivity index (χ0) is 13.3. The maximum Gasteiger partial charge on any atom is 0.214 e. The fourth-order valence-electron chi connectivity index (χ4n) is 1.80. The van der Waals surface area contributed by atoms with Gasteiger partial charge in [0.05, 0.1) is 18.4 Å². The third kappa shape index (κ3) is 1.99. The van der Waals surface area contributed by atoms with Crippen LogP contribution in [0.25, 0.3) is 0 Å². The molecule has 1 aromatic heterocycles. The maximum absolute atomic E-state index is 14.0. The van der Waals surface area contributed by atoms with Crippen LogP contribution in [0.4, 0.5) is 4.39 Å². The molecule has 0 aliphatic rings. The number of methoxy groups -OCH3 is 1. The lowest BCUT2D eigenvalue weighted by Gasteiger charge is -2.06. The van der Waals surface area contributed by atoms with E-state index >= 15 is 0 Å². The summed E-state index contributed by atoms with van der Waals surface area (Å²) in [5.41, 5.74) is 1.04. The molecule has 2 rings (SSSR count). The average Bonchev–Trinajstić information content (AvgIpc) is 2.68. The monoisotopic (exact) mass is 248 g/mol. The normalized spacial score (nSPS) is 10.4. The molecule has 0 saturated heterocycles. The van der Waals surface area contributed by atoms with Gasteiger partial charge in [0.15, 0.2) is 11.6 Å². The fraction of sp³-hybridized carbons (Fsp3) is 0.231. The van der Waals surface area contributed by atoms with Crippen molar-refractivity contribution in [3.63, 3.8) is 0 Å². The van der Waals surface area contributed by atoms with Crippen LogP contribution in [0, 0.1) is 12.7 Å². The van der Waals surface area contributed by atoms with Gasteiger partial charge in [0, 0.05) is 7.05 Å². The number of carbonyl (C=O) groups is 1. The minimum Gasteiger partial charge on any atom is -0.494 e. The van der Waals surface area contributed by atoms with Crippen molar-refractivity contribution in [1.29, 1.82) is 0 Å². The third-order valence-electron chi connectivity index (χ3n) is 2.66. The van der Waals surface area contributed by atoms with Crippen molar-refractivity contribution in [2.75, 3.05) is 7.11 Å². The molecule has 0 spiro atoms. The lowest BCUT2D eigenvalue weighted by atomic mass is 10.1. The molecule has 4 nitrogen and oxygen atoms in total. The number of hydrogen-bond acceptors (Lipinski definition) is 3. The second-order valence-electron chi connectivity index (χ2n) is 3.95. The van der Waals surface area contributed by atoms with Crippen LogP contribution in [0.15, 0.2) is 24.3 Å². The molecule has 94 valence electrons. The average molecular weight is 248 g/mol. The Kier molecular flexibility index (Phi) is 3.14. The highest BCUT2D eigenvalue weighted by Gasteiger charge is 2.20. The molecule has 2 aromatic rings. The molecule has 0 atom stereocenters. The van der Waals surface area contributed by atoms with E-state index in [1.54, 1.807) is 26.1 Å². The predicted molar refractivity (Wildman–Crippen MR) is 64.3 cm³/mol. The summed E-state index contributed by atoms with van der Waals surface area (Å²) in [5, 5.41) is 4.07. The van der Waals surface area contributed by atoms with E-state index in [2.05, 4.69) is 5.10 Å². The Morgan fingerprint density at radius 3 is 2.72 bits per heavy atom. The van der Waals surface area contributed by atoms with E-state index in [9.17, 15) is 9.18 Å². The van der Waals surface area contributed by atoms with E-state index in [4.69, 9.17) is 4.74 Å². The summed E-state index contributed by atoms with van der Waals surface area (Å²) in [5.74, 6) is -1.00. The molecule has 0 bridgehead atoms. The summed E-state index contributed by atoms with van der Waals surface area (Å²) in [6.07, 6.45) is 0. The molecular formula is C13H13FN2O2. The Hall–Kier alpha value is -2.17. The minimum atomic E-state index is -0.649. The van der Waals surface area contributed by atoms with Gasteiger partial charge < -0.3 is 4.74 Å². The Labute approximate surface area is 104 Å². The van der Waals surface area contributed by atoms with E-state index in [1.165, 1.54) is 23.9 Å². The van der Waals surface area contributed by atoms with Crippen molar-refractivity contribution in [2.24, 2.45) is 7.05 Å². The van der Waals surface area contributed by atoms with Crippen molar-refractivity contribution < 1.29 is 13.9 Å². The highest BCUT2D eigenvalue weighted by Crippen LogP contribution is 2.22. The van der Waals surface area contributed by atoms with Gasteiger partial charge in [-0.2, -0.15) is 5.10 Å². The summed E-state index contributed by atoms with van der Waals surface area (Å²) >= 11 is 0. The SMILES string of the molecule is COc1cccc(C(=O)c2cc(C)nn2C)c1F. The molecule has 0 saturated carbocycles. The Morgan fingerprint density at radius 2 is 2.17 bits per heavy atom. The number of nitrogens with zero attached hydrogens (tertiary/aromatic N) is 2. The van der Waals surface area contributed by atoms with E-state index in [0.29, 0.717) is 11.4 Å². The number of benzene rings is 1. The van der Waals surface area contributed by atoms with Gasteiger partial charge in [-0.15, -0.1) is 0 Å². The van der Waals surface area contributed by atoms with Gasteiger partial charge >= 0.3 is 0 Å². The first kappa shape index (κ1) is 12.3. The van der Waals surface area contributed by atoms with Gasteiger partial charge in [0.2, 0.25) is 5.78 Å². The molecule has 18 heavy (non-hydrogen) atoms. The fourth-order valence-corrected chi connectivity index (χ4v) is 1.80. The highest BCUT2D eigenvalue weighted by atomic mass is 19.1. The largest absolute Gasteiger partial charge is 0.494 e. The first-order valence-electron chi connectivity index (χ1n) is 5.42. The number of ether oxygens (including phenoxy) is 1. The van der Waals surface area contributed by atoms with Gasteiger partial charge in [-0.25, -0.2) is 4.39 Å². The van der Waals surface area contributed by atoms with Crippen LogP contribution in [0.2, 0.25) is 0 Å². The third-order valence-corrected chi connectivity index (χ3v) is 2.66. The summed E-state index contributed by atoms with van der Waals surface area (Å²) in [6, 6.07) is 6.11. The van der Waals surface area contributed by atoms with Gasteiger partial charge in [0.1, 0.15) is 5.69 Å².